The van der Waals surface area contributed by atoms with Crippen molar-refractivity contribution in [3.8, 4) is 0 Å². The number of ether oxygens (including phenoxy) is 1. The van der Waals surface area contributed by atoms with Crippen LogP contribution in [-0.4, -0.2) is 18.5 Å². The van der Waals surface area contributed by atoms with E-state index in [1.807, 2.05) is 32.1 Å². The van der Waals surface area contributed by atoms with E-state index in [0.29, 0.717) is 12.5 Å². The predicted octanol–water partition coefficient (Wildman–Crippen LogP) is 5.77. The van der Waals surface area contributed by atoms with Crippen LogP contribution in [0.1, 0.15) is 13.8 Å². The van der Waals surface area contributed by atoms with Crippen molar-refractivity contribution in [2.75, 3.05) is 6.61 Å². The maximum Gasteiger partial charge on any atom is 2.00 e. The van der Waals surface area contributed by atoms with Crippen LogP contribution in [0.15, 0.2) is 157 Å². The van der Waals surface area contributed by atoms with Crippen LogP contribution in [0, 0.1) is 68.9 Å². The van der Waals surface area contributed by atoms with Gasteiger partial charge in [0.2, 0.25) is 0 Å². The van der Waals surface area contributed by atoms with Crippen LogP contribution >= 0.6 is 15.8 Å². The van der Waals surface area contributed by atoms with Gasteiger partial charge in [0.1, 0.15) is 6.61 Å². The number of hydrogen-bond donors (Lipinski definition) is 0. The minimum atomic E-state index is -0.636. The molecule has 8 rings (SSSR count). The van der Waals surface area contributed by atoms with Crippen molar-refractivity contribution in [1.82, 2.24) is 0 Å². The van der Waals surface area contributed by atoms with Crippen LogP contribution < -0.4 is 38.9 Å². The van der Waals surface area contributed by atoms with Gasteiger partial charge in [-0.25, -0.2) is 4.99 Å². The molecule has 0 aromatic heterocycles. The number of rotatable bonds is 8. The van der Waals surface area contributed by atoms with Gasteiger partial charge in [-0.05, 0) is 99.7 Å². The van der Waals surface area contributed by atoms with Gasteiger partial charge >= 0.3 is 36.5 Å². The fourth-order valence-corrected chi connectivity index (χ4v) is 10.5. The van der Waals surface area contributed by atoms with E-state index >= 15 is 0 Å². The Balaban J connectivity index is 0.000000247. The zero-order valence-corrected chi connectivity index (χ0v) is 35.1. The maximum atomic E-state index is 5.99. The molecule has 2 aliphatic carbocycles. The SMILES string of the molecule is CC(C)[C@H]1COC([C]2[CH][CH][CH][C]2P(c2ccccc2)c2ccccc2)=N1.[CH]1[CH][CH][CH][CH]1.[Cl-].[Fe+2].[Ru+2].c1ccc(P(c2ccccc2)c2ccccc2)cc1. The standard InChI is InChI=1S/C23H23NOP.C18H15P.C5H5.ClH.Fe.Ru/c1-17(2)21-16-25-23(24-21)20-14-9-15-22(20)26(18-10-5-3-6-11-18)19-12-7-4-8-13-19;1-4-10-16(11-5-1)19(17-12-6-2-7-13-17)18-14-8-3-9-15-18;1-2-4-5-3-1;;;/h3-15,17,21H,16H2,1-2H3;1-15H;1-5H;1H;;/q;;;;2*+2/p-1/t21-;;;;;/m1...../s1. The van der Waals surface area contributed by atoms with Gasteiger partial charge in [0.05, 0.1) is 12.0 Å². The van der Waals surface area contributed by atoms with Crippen LogP contribution in [0.4, 0.5) is 0 Å². The molecule has 2 fully saturated rings. The fourth-order valence-electron chi connectivity index (χ4n) is 5.75. The molecule has 0 saturated heterocycles. The van der Waals surface area contributed by atoms with Crippen molar-refractivity contribution in [2.24, 2.45) is 10.9 Å². The monoisotopic (exact) mass is 880 g/mol. The maximum absolute atomic E-state index is 5.99. The van der Waals surface area contributed by atoms with Crippen molar-refractivity contribution in [1.29, 1.82) is 0 Å². The van der Waals surface area contributed by atoms with Crippen LogP contribution in [0.3, 0.4) is 0 Å². The molecular formula is C46H43ClFeNOP2Ru+3. The smallest absolute Gasteiger partial charge is 1.00 e. The normalized spacial score (nSPS) is 16.5. The molecule has 1 atom stereocenters. The molecule has 1 heterocycles. The summed E-state index contributed by atoms with van der Waals surface area (Å²) < 4.78 is 5.99. The van der Waals surface area contributed by atoms with Gasteiger partial charge in [-0.15, -0.1) is 0 Å². The van der Waals surface area contributed by atoms with E-state index in [-0.39, 0.29) is 55.0 Å². The zero-order valence-electron chi connectivity index (χ0n) is 29.7. The molecule has 3 aliphatic rings. The number of nitrogens with zero attached hydrogens (tertiary/aromatic N) is 1. The Morgan fingerprint density at radius 3 is 1.17 bits per heavy atom. The second-order valence-electron chi connectivity index (χ2n) is 12.2. The summed E-state index contributed by atoms with van der Waals surface area (Å²) in [6.45, 7) is 5.09. The summed E-state index contributed by atoms with van der Waals surface area (Å²) in [4.78, 5) is 4.87. The van der Waals surface area contributed by atoms with Gasteiger partial charge in [-0.2, -0.15) is 0 Å². The molecule has 2 nitrogen and oxygen atoms in total. The van der Waals surface area contributed by atoms with E-state index in [9.17, 15) is 0 Å². The summed E-state index contributed by atoms with van der Waals surface area (Å²) in [6.07, 6.45) is 16.5. The van der Waals surface area contributed by atoms with E-state index in [1.165, 1.54) is 32.2 Å². The first-order valence-electron chi connectivity index (χ1n) is 17.2. The molecule has 0 amide bonds. The molecule has 0 N–H and O–H groups in total. The summed E-state index contributed by atoms with van der Waals surface area (Å²) in [5, 5.41) is 6.89. The van der Waals surface area contributed by atoms with Gasteiger partial charge < -0.3 is 17.1 Å². The molecule has 0 spiro atoms. The largest absolute Gasteiger partial charge is 2.00 e. The van der Waals surface area contributed by atoms with E-state index in [4.69, 9.17) is 9.73 Å². The Morgan fingerprint density at radius 2 is 0.849 bits per heavy atom. The number of aliphatic imine (C=N–C) groups is 1. The van der Waals surface area contributed by atoms with Crippen LogP contribution in [0.2, 0.25) is 0 Å². The molecule has 268 valence electrons. The van der Waals surface area contributed by atoms with E-state index < -0.39 is 15.8 Å². The van der Waals surface area contributed by atoms with Crippen LogP contribution in [0.25, 0.3) is 0 Å². The predicted molar refractivity (Wildman–Crippen MR) is 217 cm³/mol. The Kier molecular flexibility index (Phi) is 20.8. The zero-order chi connectivity index (χ0) is 34.4. The molecule has 1 aliphatic heterocycles. The van der Waals surface area contributed by atoms with Gasteiger partial charge in [-0.3, -0.25) is 0 Å². The van der Waals surface area contributed by atoms with E-state index in [2.05, 4.69) is 185 Å². The van der Waals surface area contributed by atoms with Crippen molar-refractivity contribution in [3.63, 3.8) is 0 Å². The van der Waals surface area contributed by atoms with Crippen molar-refractivity contribution >= 4 is 48.3 Å². The molecular weight excluding hydrogens is 837 g/mol. The van der Waals surface area contributed by atoms with E-state index in [0.717, 1.165) is 11.8 Å². The topological polar surface area (TPSA) is 21.6 Å². The molecule has 0 bridgehead atoms. The molecule has 10 radical (unpaired) electrons. The van der Waals surface area contributed by atoms with Crippen molar-refractivity contribution in [3.05, 3.63) is 215 Å². The minimum absolute atomic E-state index is 0. The minimum Gasteiger partial charge on any atom is -1.00 e. The summed E-state index contributed by atoms with van der Waals surface area (Å²) >= 11 is 0. The molecule has 7 heteroatoms. The first kappa shape index (κ1) is 45.3. The first-order valence-corrected chi connectivity index (χ1v) is 19.9. The Hall–Kier alpha value is -2.14. The van der Waals surface area contributed by atoms with Crippen molar-refractivity contribution in [2.45, 2.75) is 19.9 Å². The second-order valence-corrected chi connectivity index (χ2v) is 16.6. The average molecular weight is 880 g/mol. The first-order chi connectivity index (χ1) is 24.7. The molecule has 2 saturated carbocycles. The quantitative estimate of drug-likeness (QED) is 0.144. The Bertz CT molecular complexity index is 1570. The summed E-state index contributed by atoms with van der Waals surface area (Å²) in [5.41, 5.74) is 1.32. The van der Waals surface area contributed by atoms with Gasteiger partial charge in [0.15, 0.2) is 5.90 Å². The number of halogens is 1. The third-order valence-corrected chi connectivity index (χ3v) is 13.3. The molecule has 53 heavy (non-hydrogen) atoms. The summed E-state index contributed by atoms with van der Waals surface area (Å²) in [7, 11) is -1.08. The Morgan fingerprint density at radius 1 is 0.509 bits per heavy atom. The fraction of sp³-hybridized carbons (Fsp3) is 0.109. The molecule has 5 aromatic rings. The van der Waals surface area contributed by atoms with E-state index in [1.54, 1.807) is 0 Å². The molecule has 0 unspecified atom stereocenters. The second kappa shape index (κ2) is 24.4. The van der Waals surface area contributed by atoms with Crippen LogP contribution in [-0.2, 0) is 41.3 Å². The number of hydrogen-bond acceptors (Lipinski definition) is 2. The number of benzene rings is 5. The van der Waals surface area contributed by atoms with Gasteiger partial charge in [-0.1, -0.05) is 166 Å². The van der Waals surface area contributed by atoms with Crippen molar-refractivity contribution < 1.29 is 53.7 Å². The third-order valence-electron chi connectivity index (χ3n) is 8.34. The third kappa shape index (κ3) is 13.0. The van der Waals surface area contributed by atoms with Crippen LogP contribution in [0.5, 0.6) is 0 Å². The molecule has 5 aromatic carbocycles. The van der Waals surface area contributed by atoms with Gasteiger partial charge in [0, 0.05) is 5.66 Å². The Labute approximate surface area is 351 Å². The average Bonchev–Trinajstić information content (AvgIpc) is 4.00. The van der Waals surface area contributed by atoms with Gasteiger partial charge in [0.25, 0.3) is 0 Å². The summed E-state index contributed by atoms with van der Waals surface area (Å²) in [5.74, 6) is 2.45. The summed E-state index contributed by atoms with van der Waals surface area (Å²) in [6, 6.07) is 54.1.